The number of carboxylic acid groups (broad SMARTS) is 1. The minimum absolute atomic E-state index is 0.0288. The molecule has 1 aliphatic heterocycles. The number of carboxylic acids is 1. The number of hydrogen-bond donors (Lipinski definition) is 2. The van der Waals surface area contributed by atoms with E-state index in [1.165, 1.54) is 6.20 Å². The molecule has 4 rings (SSSR count). The molecule has 1 aromatic carbocycles. The summed E-state index contributed by atoms with van der Waals surface area (Å²) in [7, 11) is 0. The van der Waals surface area contributed by atoms with Crippen LogP contribution in [0.3, 0.4) is 0 Å². The first-order valence-corrected chi connectivity index (χ1v) is 10.6. The minimum atomic E-state index is -1.31. The number of rotatable bonds is 5. The van der Waals surface area contributed by atoms with Gasteiger partial charge in [0.25, 0.3) is 0 Å². The van der Waals surface area contributed by atoms with Gasteiger partial charge in [-0.3, -0.25) is 4.79 Å². The van der Waals surface area contributed by atoms with E-state index < -0.39 is 17.2 Å². The molecule has 2 aliphatic rings. The summed E-state index contributed by atoms with van der Waals surface area (Å²) < 4.78 is 17.0. The topological polar surface area (TPSA) is 74.6 Å². The summed E-state index contributed by atoms with van der Waals surface area (Å²) in [5.41, 5.74) is -0.307. The molecule has 29 heavy (non-hydrogen) atoms. The molecule has 1 atom stereocenters. The predicted molar refractivity (Wildman–Crippen MR) is 112 cm³/mol. The van der Waals surface area contributed by atoms with Gasteiger partial charge in [-0.05, 0) is 38.3 Å². The predicted octanol–water partition coefficient (Wildman–Crippen LogP) is 3.80. The third-order valence-electron chi connectivity index (χ3n) is 5.83. The summed E-state index contributed by atoms with van der Waals surface area (Å²) >= 11 is 6.73. The molecule has 0 bridgehead atoms. The van der Waals surface area contributed by atoms with Crippen molar-refractivity contribution in [3.63, 3.8) is 0 Å². The molecule has 6 nitrogen and oxygen atoms in total. The van der Waals surface area contributed by atoms with Crippen molar-refractivity contribution in [1.29, 1.82) is 0 Å². The van der Waals surface area contributed by atoms with E-state index in [1.54, 1.807) is 4.57 Å². The Morgan fingerprint density at radius 3 is 2.76 bits per heavy atom. The van der Waals surface area contributed by atoms with Gasteiger partial charge in [-0.15, -0.1) is 0 Å². The number of carbonyl (C=O) groups is 1. The molecule has 1 saturated carbocycles. The summed E-state index contributed by atoms with van der Waals surface area (Å²) in [5, 5.41) is 13.1. The number of nitrogens with one attached hydrogen (secondary N) is 1. The van der Waals surface area contributed by atoms with Crippen LogP contribution < -0.4 is 15.6 Å². The van der Waals surface area contributed by atoms with Gasteiger partial charge in [0.15, 0.2) is 0 Å². The zero-order chi connectivity index (χ0) is 20.7. The third-order valence-corrected chi connectivity index (χ3v) is 6.19. The third kappa shape index (κ3) is 3.73. The van der Waals surface area contributed by atoms with Crippen molar-refractivity contribution >= 4 is 34.2 Å². The average Bonchev–Trinajstić information content (AvgIpc) is 3.51. The molecule has 0 spiro atoms. The molecule has 2 N–H and O–H groups in total. The number of fused-ring (bicyclic) bond motifs is 1. The Bertz CT molecular complexity index is 1020. The molecular weight excluding hydrogens is 397 g/mol. The number of aromatic nitrogens is 1. The number of anilines is 1. The highest BCUT2D eigenvalue weighted by atomic mass is 35.5. The standard InChI is InChI=1S/C21H25ClFN3O3/c1-2-24-12-5-3-4-8-25(10-12)19-16(23)9-14-18(17(19)22)26(13-6-7-13)11-15(20(14)27)21(28)29/h9,11-13,24H,2-8,10H2,1H3,(H,28,29). The maximum Gasteiger partial charge on any atom is 0.341 e. The number of aromatic carboxylic acids is 1. The maximum absolute atomic E-state index is 15.2. The van der Waals surface area contributed by atoms with Gasteiger partial charge in [-0.1, -0.05) is 24.9 Å². The van der Waals surface area contributed by atoms with E-state index in [1.807, 2.05) is 11.8 Å². The van der Waals surface area contributed by atoms with Crippen molar-refractivity contribution in [3.05, 3.63) is 38.9 Å². The fraction of sp³-hybridized carbons (Fsp3) is 0.524. The van der Waals surface area contributed by atoms with Crippen LogP contribution in [-0.4, -0.2) is 41.3 Å². The quantitative estimate of drug-likeness (QED) is 0.768. The van der Waals surface area contributed by atoms with Gasteiger partial charge in [-0.25, -0.2) is 9.18 Å². The molecule has 1 unspecified atom stereocenters. The van der Waals surface area contributed by atoms with Gasteiger partial charge in [-0.2, -0.15) is 0 Å². The van der Waals surface area contributed by atoms with Crippen LogP contribution in [0.5, 0.6) is 0 Å². The Balaban J connectivity index is 1.90. The van der Waals surface area contributed by atoms with Gasteiger partial charge < -0.3 is 19.9 Å². The summed E-state index contributed by atoms with van der Waals surface area (Å²) in [6.45, 7) is 4.21. The van der Waals surface area contributed by atoms with Crippen LogP contribution in [0, 0.1) is 5.82 Å². The largest absolute Gasteiger partial charge is 0.477 e. The van der Waals surface area contributed by atoms with Gasteiger partial charge in [0, 0.05) is 31.4 Å². The molecule has 2 aromatic rings. The van der Waals surface area contributed by atoms with Gasteiger partial charge in [0.05, 0.1) is 21.6 Å². The zero-order valence-electron chi connectivity index (χ0n) is 16.4. The second-order valence-electron chi connectivity index (χ2n) is 7.93. The summed E-state index contributed by atoms with van der Waals surface area (Å²) in [6.07, 6.45) is 6.13. The molecule has 1 aromatic heterocycles. The highest BCUT2D eigenvalue weighted by molar-refractivity contribution is 6.38. The van der Waals surface area contributed by atoms with Crippen molar-refractivity contribution in [2.75, 3.05) is 24.5 Å². The number of halogens is 2. The highest BCUT2D eigenvalue weighted by Crippen LogP contribution is 2.42. The molecular formula is C21H25ClFN3O3. The molecule has 2 fully saturated rings. The summed E-state index contributed by atoms with van der Waals surface area (Å²) in [4.78, 5) is 26.2. The Morgan fingerprint density at radius 2 is 2.10 bits per heavy atom. The van der Waals surface area contributed by atoms with E-state index in [-0.39, 0.29) is 28.1 Å². The van der Waals surface area contributed by atoms with Crippen molar-refractivity contribution < 1.29 is 14.3 Å². The van der Waals surface area contributed by atoms with Crippen LogP contribution >= 0.6 is 11.6 Å². The van der Waals surface area contributed by atoms with Crippen molar-refractivity contribution in [1.82, 2.24) is 9.88 Å². The van der Waals surface area contributed by atoms with Crippen LogP contribution in [0.15, 0.2) is 17.1 Å². The van der Waals surface area contributed by atoms with E-state index in [4.69, 9.17) is 11.6 Å². The van der Waals surface area contributed by atoms with Gasteiger partial charge in [0.2, 0.25) is 5.43 Å². The molecule has 2 heterocycles. The SMILES string of the molecule is CCNC1CCCCN(c2c(F)cc3c(=O)c(C(=O)O)cn(C4CC4)c3c2Cl)C1. The Hall–Kier alpha value is -2.12. The lowest BCUT2D eigenvalue weighted by Crippen LogP contribution is -2.40. The minimum Gasteiger partial charge on any atom is -0.477 e. The van der Waals surface area contributed by atoms with E-state index in [9.17, 15) is 14.7 Å². The normalized spacial score (nSPS) is 20.1. The van der Waals surface area contributed by atoms with Crippen molar-refractivity contribution in [3.8, 4) is 0 Å². The van der Waals surface area contributed by atoms with Crippen LogP contribution in [0.2, 0.25) is 5.02 Å². The first-order chi connectivity index (χ1) is 13.9. The lowest BCUT2D eigenvalue weighted by molar-refractivity contribution is 0.0695. The van der Waals surface area contributed by atoms with Gasteiger partial charge in [0.1, 0.15) is 11.4 Å². The smallest absolute Gasteiger partial charge is 0.341 e. The summed E-state index contributed by atoms with van der Waals surface area (Å²) in [6, 6.07) is 1.50. The number of pyridine rings is 1. The van der Waals surface area contributed by atoms with Gasteiger partial charge >= 0.3 is 5.97 Å². The van der Waals surface area contributed by atoms with Crippen molar-refractivity contribution in [2.45, 2.75) is 51.1 Å². The maximum atomic E-state index is 15.2. The number of nitrogens with zero attached hydrogens (tertiary/aromatic N) is 2. The Kier molecular flexibility index (Phi) is 5.53. The molecule has 0 amide bonds. The number of hydrogen-bond acceptors (Lipinski definition) is 4. The molecule has 156 valence electrons. The highest BCUT2D eigenvalue weighted by Gasteiger charge is 2.31. The molecule has 0 radical (unpaired) electrons. The van der Waals surface area contributed by atoms with E-state index in [0.29, 0.717) is 24.3 Å². The van der Waals surface area contributed by atoms with Crippen LogP contribution in [0.4, 0.5) is 10.1 Å². The number of likely N-dealkylation sites (N-methyl/N-ethyl adjacent to an activating group) is 1. The van der Waals surface area contributed by atoms with Crippen LogP contribution in [-0.2, 0) is 0 Å². The van der Waals surface area contributed by atoms with Crippen LogP contribution in [0.1, 0.15) is 55.4 Å². The Morgan fingerprint density at radius 1 is 1.34 bits per heavy atom. The fourth-order valence-corrected chi connectivity index (χ4v) is 4.72. The molecule has 8 heteroatoms. The summed E-state index contributed by atoms with van der Waals surface area (Å²) in [5.74, 6) is -1.89. The van der Waals surface area contributed by atoms with E-state index >= 15 is 4.39 Å². The zero-order valence-corrected chi connectivity index (χ0v) is 17.1. The van der Waals surface area contributed by atoms with E-state index in [2.05, 4.69) is 5.32 Å². The van der Waals surface area contributed by atoms with E-state index in [0.717, 1.165) is 44.7 Å². The second kappa shape index (κ2) is 7.95. The Labute approximate surface area is 173 Å². The first-order valence-electron chi connectivity index (χ1n) is 10.2. The fourth-order valence-electron chi connectivity index (χ4n) is 4.31. The average molecular weight is 422 g/mol. The second-order valence-corrected chi connectivity index (χ2v) is 8.31. The molecule has 1 aliphatic carbocycles. The number of benzene rings is 1. The van der Waals surface area contributed by atoms with Crippen LogP contribution in [0.25, 0.3) is 10.9 Å². The molecule has 1 saturated heterocycles. The first kappa shape index (κ1) is 20.2. The van der Waals surface area contributed by atoms with Crippen molar-refractivity contribution in [2.24, 2.45) is 0 Å². The lowest BCUT2D eigenvalue weighted by Gasteiger charge is -2.29. The lowest BCUT2D eigenvalue weighted by atomic mass is 10.1. The monoisotopic (exact) mass is 421 g/mol.